The Morgan fingerprint density at radius 1 is 1.19 bits per heavy atom. The molecule has 0 radical (unpaired) electrons. The highest BCUT2D eigenvalue weighted by Crippen LogP contribution is 2.32. The number of halogens is 2. The largest absolute Gasteiger partial charge is 0.491 e. The lowest BCUT2D eigenvalue weighted by Gasteiger charge is -2.22. The minimum Gasteiger partial charge on any atom is -0.491 e. The van der Waals surface area contributed by atoms with Crippen LogP contribution in [-0.2, 0) is 9.53 Å². The molecule has 1 N–H and O–H groups in total. The molecule has 31 heavy (non-hydrogen) atoms. The Balaban J connectivity index is 1.43. The maximum atomic E-state index is 12.8. The first kappa shape index (κ1) is 21.6. The summed E-state index contributed by atoms with van der Waals surface area (Å²) < 4.78 is 11.3. The summed E-state index contributed by atoms with van der Waals surface area (Å²) in [7, 11) is 0. The fraction of sp³-hybridized carbons (Fsp3) is 0.318. The second kappa shape index (κ2) is 8.86. The lowest BCUT2D eigenvalue weighted by Crippen LogP contribution is -2.45. The van der Waals surface area contributed by atoms with Crippen molar-refractivity contribution in [1.82, 2.24) is 4.90 Å². The van der Waals surface area contributed by atoms with Gasteiger partial charge >= 0.3 is 0 Å². The number of hydrogen-bond donors (Lipinski definition) is 1. The zero-order valence-electron chi connectivity index (χ0n) is 16.7. The third kappa shape index (κ3) is 4.39. The van der Waals surface area contributed by atoms with Gasteiger partial charge in [0.2, 0.25) is 5.91 Å². The minimum atomic E-state index is -1.04. The molecular formula is C22H20Cl2N2O5. The Morgan fingerprint density at radius 3 is 2.48 bits per heavy atom. The van der Waals surface area contributed by atoms with E-state index in [4.69, 9.17) is 32.7 Å². The summed E-state index contributed by atoms with van der Waals surface area (Å²) in [5.41, 5.74) is 0.747. The molecule has 1 saturated heterocycles. The van der Waals surface area contributed by atoms with Crippen molar-refractivity contribution in [3.63, 3.8) is 0 Å². The standard InChI is InChI=1S/C22H20Cl2N2O5/c1-12(26-21(28)16-9-18(23)19(24)10-17(16)22(26)29)20(27)25-13-4-2-5-14(8-13)31-11-15-6-3-7-30-15/h2,4-5,8-10,12,15H,3,6-7,11H2,1H3,(H,25,27). The Morgan fingerprint density at radius 2 is 1.87 bits per heavy atom. The number of anilines is 1. The highest BCUT2D eigenvalue weighted by atomic mass is 35.5. The van der Waals surface area contributed by atoms with Crippen LogP contribution < -0.4 is 10.1 Å². The molecule has 0 aromatic heterocycles. The third-order valence-electron chi connectivity index (χ3n) is 5.29. The van der Waals surface area contributed by atoms with Crippen molar-refractivity contribution in [3.8, 4) is 5.75 Å². The van der Waals surface area contributed by atoms with E-state index in [1.807, 2.05) is 0 Å². The fourth-order valence-corrected chi connectivity index (χ4v) is 3.92. The van der Waals surface area contributed by atoms with Gasteiger partial charge in [-0.2, -0.15) is 0 Å². The van der Waals surface area contributed by atoms with Crippen LogP contribution in [0.25, 0.3) is 0 Å². The number of nitrogens with one attached hydrogen (secondary N) is 1. The number of rotatable bonds is 6. The first-order valence-corrected chi connectivity index (χ1v) is 10.6. The molecule has 7 nitrogen and oxygen atoms in total. The molecular weight excluding hydrogens is 443 g/mol. The number of carbonyl (C=O) groups excluding carboxylic acids is 3. The molecule has 1 fully saturated rings. The number of imide groups is 1. The van der Waals surface area contributed by atoms with Crippen LogP contribution in [0, 0.1) is 0 Å². The first-order chi connectivity index (χ1) is 14.8. The van der Waals surface area contributed by atoms with E-state index in [9.17, 15) is 14.4 Å². The average Bonchev–Trinajstić information content (AvgIpc) is 3.34. The van der Waals surface area contributed by atoms with E-state index in [2.05, 4.69) is 5.32 Å². The topological polar surface area (TPSA) is 84.9 Å². The molecule has 9 heteroatoms. The zero-order chi connectivity index (χ0) is 22.1. The molecule has 2 atom stereocenters. The maximum absolute atomic E-state index is 12.8. The SMILES string of the molecule is CC(C(=O)Nc1cccc(OCC2CCCO2)c1)N1C(=O)c2cc(Cl)c(Cl)cc2C1=O. The molecule has 2 aromatic rings. The highest BCUT2D eigenvalue weighted by molar-refractivity contribution is 6.43. The summed E-state index contributed by atoms with van der Waals surface area (Å²) >= 11 is 11.9. The van der Waals surface area contributed by atoms with Crippen LogP contribution in [0.1, 0.15) is 40.5 Å². The number of nitrogens with zero attached hydrogens (tertiary/aromatic N) is 1. The van der Waals surface area contributed by atoms with E-state index in [0.717, 1.165) is 24.3 Å². The number of benzene rings is 2. The molecule has 162 valence electrons. The van der Waals surface area contributed by atoms with E-state index < -0.39 is 23.8 Å². The van der Waals surface area contributed by atoms with Gasteiger partial charge in [-0.15, -0.1) is 0 Å². The van der Waals surface area contributed by atoms with Gasteiger partial charge in [-0.25, -0.2) is 0 Å². The van der Waals surface area contributed by atoms with Gasteiger partial charge in [0.1, 0.15) is 18.4 Å². The Bertz CT molecular complexity index is 1010. The summed E-state index contributed by atoms with van der Waals surface area (Å²) in [5, 5.41) is 3.06. The Labute approximate surface area is 189 Å². The van der Waals surface area contributed by atoms with Crippen LogP contribution in [-0.4, -0.2) is 48.0 Å². The van der Waals surface area contributed by atoms with E-state index >= 15 is 0 Å². The summed E-state index contributed by atoms with van der Waals surface area (Å²) in [6.07, 6.45) is 2.07. The van der Waals surface area contributed by atoms with Crippen LogP contribution in [0.15, 0.2) is 36.4 Å². The molecule has 2 unspecified atom stereocenters. The van der Waals surface area contributed by atoms with E-state index in [0.29, 0.717) is 18.0 Å². The number of carbonyl (C=O) groups is 3. The number of ether oxygens (including phenoxy) is 2. The van der Waals surface area contributed by atoms with Crippen molar-refractivity contribution in [2.45, 2.75) is 31.9 Å². The van der Waals surface area contributed by atoms with Crippen molar-refractivity contribution >= 4 is 46.6 Å². The predicted molar refractivity (Wildman–Crippen MR) is 116 cm³/mol. The molecule has 0 bridgehead atoms. The predicted octanol–water partition coefficient (Wildman–Crippen LogP) is 4.17. The second-order valence-corrected chi connectivity index (χ2v) is 8.25. The second-order valence-electron chi connectivity index (χ2n) is 7.43. The summed E-state index contributed by atoms with van der Waals surface area (Å²) in [5.74, 6) is -1.10. The van der Waals surface area contributed by atoms with Gasteiger partial charge in [-0.3, -0.25) is 19.3 Å². The quantitative estimate of drug-likeness (QED) is 0.650. The lowest BCUT2D eigenvalue weighted by molar-refractivity contribution is -0.119. The van der Waals surface area contributed by atoms with Crippen molar-refractivity contribution in [2.75, 3.05) is 18.5 Å². The zero-order valence-corrected chi connectivity index (χ0v) is 18.2. The third-order valence-corrected chi connectivity index (χ3v) is 6.01. The van der Waals surface area contributed by atoms with E-state index in [1.165, 1.54) is 19.1 Å². The molecule has 2 heterocycles. The summed E-state index contributed by atoms with van der Waals surface area (Å²) in [6, 6.07) is 8.56. The molecule has 2 aromatic carbocycles. The maximum Gasteiger partial charge on any atom is 0.262 e. The lowest BCUT2D eigenvalue weighted by atomic mass is 10.1. The highest BCUT2D eigenvalue weighted by Gasteiger charge is 2.41. The molecule has 0 aliphatic carbocycles. The van der Waals surface area contributed by atoms with Crippen LogP contribution >= 0.6 is 23.2 Å². The number of hydrogen-bond acceptors (Lipinski definition) is 5. The van der Waals surface area contributed by atoms with Crippen molar-refractivity contribution < 1.29 is 23.9 Å². The van der Waals surface area contributed by atoms with Gasteiger partial charge in [0.05, 0.1) is 27.3 Å². The molecule has 4 rings (SSSR count). The van der Waals surface area contributed by atoms with Crippen molar-refractivity contribution in [3.05, 3.63) is 57.6 Å². The molecule has 2 aliphatic heterocycles. The monoisotopic (exact) mass is 462 g/mol. The van der Waals surface area contributed by atoms with Crippen LogP contribution in [0.4, 0.5) is 5.69 Å². The number of fused-ring (bicyclic) bond motifs is 1. The normalized spacial score (nSPS) is 18.8. The van der Waals surface area contributed by atoms with Crippen LogP contribution in [0.2, 0.25) is 10.0 Å². The summed E-state index contributed by atoms with van der Waals surface area (Å²) in [4.78, 5) is 39.1. The first-order valence-electron chi connectivity index (χ1n) is 9.87. The van der Waals surface area contributed by atoms with E-state index in [-0.39, 0.29) is 27.3 Å². The fourth-order valence-electron chi connectivity index (χ4n) is 3.60. The average molecular weight is 463 g/mol. The van der Waals surface area contributed by atoms with Gasteiger partial charge in [-0.05, 0) is 44.0 Å². The van der Waals surface area contributed by atoms with Crippen molar-refractivity contribution in [1.29, 1.82) is 0 Å². The van der Waals surface area contributed by atoms with Crippen molar-refractivity contribution in [2.24, 2.45) is 0 Å². The van der Waals surface area contributed by atoms with Crippen LogP contribution in [0.5, 0.6) is 5.75 Å². The van der Waals surface area contributed by atoms with Gasteiger partial charge in [-0.1, -0.05) is 29.3 Å². The van der Waals surface area contributed by atoms with E-state index in [1.54, 1.807) is 24.3 Å². The molecule has 0 spiro atoms. The minimum absolute atomic E-state index is 0.0779. The van der Waals surface area contributed by atoms with Gasteiger partial charge in [0.15, 0.2) is 0 Å². The molecule has 3 amide bonds. The van der Waals surface area contributed by atoms with Gasteiger partial charge < -0.3 is 14.8 Å². The smallest absolute Gasteiger partial charge is 0.262 e. The number of amides is 3. The van der Waals surface area contributed by atoms with Gasteiger partial charge in [0.25, 0.3) is 11.8 Å². The summed E-state index contributed by atoms with van der Waals surface area (Å²) in [6.45, 7) is 2.67. The molecule has 2 aliphatic rings. The Hall–Kier alpha value is -2.61. The van der Waals surface area contributed by atoms with Crippen LogP contribution in [0.3, 0.4) is 0 Å². The molecule has 0 saturated carbocycles. The van der Waals surface area contributed by atoms with Gasteiger partial charge in [0, 0.05) is 18.4 Å². The Kier molecular flexibility index (Phi) is 6.18.